The standard InChI is InChI=1S/C21H25N5OS/c1-16(2)17-7-9-19(10-8-17)26-15-23-24-21(26)28-14-20(27)25(3)13-11-18-6-4-5-12-22-18/h4-10,12,15-16H,11,13-14H2,1-3H3. The van der Waals surface area contributed by atoms with Crippen molar-refractivity contribution < 1.29 is 4.79 Å². The van der Waals surface area contributed by atoms with Crippen LogP contribution >= 0.6 is 11.8 Å². The number of carbonyl (C=O) groups is 1. The van der Waals surface area contributed by atoms with Crippen molar-refractivity contribution in [3.05, 3.63) is 66.2 Å². The largest absolute Gasteiger partial charge is 0.345 e. The maximum absolute atomic E-state index is 12.5. The second-order valence-corrected chi connectivity index (χ2v) is 7.85. The number of pyridine rings is 1. The van der Waals surface area contributed by atoms with E-state index in [0.29, 0.717) is 23.4 Å². The van der Waals surface area contributed by atoms with Crippen LogP contribution in [0.2, 0.25) is 0 Å². The van der Waals surface area contributed by atoms with Crippen LogP contribution in [0.5, 0.6) is 0 Å². The van der Waals surface area contributed by atoms with Crippen molar-refractivity contribution in [3.8, 4) is 5.69 Å². The van der Waals surface area contributed by atoms with E-state index in [4.69, 9.17) is 0 Å². The van der Waals surface area contributed by atoms with Crippen LogP contribution in [0.25, 0.3) is 5.69 Å². The molecule has 0 aliphatic rings. The molecule has 0 fully saturated rings. The minimum Gasteiger partial charge on any atom is -0.345 e. The van der Waals surface area contributed by atoms with Gasteiger partial charge in [-0.25, -0.2) is 0 Å². The van der Waals surface area contributed by atoms with E-state index in [2.05, 4.69) is 53.3 Å². The van der Waals surface area contributed by atoms with Gasteiger partial charge in [0.2, 0.25) is 5.91 Å². The first-order valence-corrected chi connectivity index (χ1v) is 10.3. The molecule has 0 unspecified atom stereocenters. The molecule has 28 heavy (non-hydrogen) atoms. The molecule has 1 aromatic carbocycles. The number of amides is 1. The fourth-order valence-corrected chi connectivity index (χ4v) is 3.58. The molecule has 3 aromatic rings. The van der Waals surface area contributed by atoms with Crippen LogP contribution in [-0.4, -0.2) is 49.9 Å². The van der Waals surface area contributed by atoms with Gasteiger partial charge in [-0.3, -0.25) is 14.3 Å². The molecule has 7 heteroatoms. The van der Waals surface area contributed by atoms with Gasteiger partial charge in [0.25, 0.3) is 0 Å². The third kappa shape index (κ3) is 5.19. The maximum atomic E-state index is 12.5. The number of carbonyl (C=O) groups excluding carboxylic acids is 1. The highest BCUT2D eigenvalue weighted by atomic mass is 32.2. The van der Waals surface area contributed by atoms with Crippen LogP contribution in [-0.2, 0) is 11.2 Å². The Bertz CT molecular complexity index is 893. The highest BCUT2D eigenvalue weighted by Gasteiger charge is 2.13. The summed E-state index contributed by atoms with van der Waals surface area (Å²) in [6.07, 6.45) is 4.20. The third-order valence-electron chi connectivity index (χ3n) is 4.53. The quantitative estimate of drug-likeness (QED) is 0.546. The molecule has 146 valence electrons. The van der Waals surface area contributed by atoms with E-state index in [0.717, 1.165) is 17.8 Å². The van der Waals surface area contributed by atoms with E-state index in [1.54, 1.807) is 17.4 Å². The maximum Gasteiger partial charge on any atom is 0.232 e. The highest BCUT2D eigenvalue weighted by Crippen LogP contribution is 2.22. The molecular formula is C21H25N5OS. The fourth-order valence-electron chi connectivity index (χ4n) is 2.71. The molecule has 0 spiro atoms. The van der Waals surface area contributed by atoms with Crippen molar-refractivity contribution in [1.82, 2.24) is 24.6 Å². The lowest BCUT2D eigenvalue weighted by Gasteiger charge is -2.16. The van der Waals surface area contributed by atoms with Crippen molar-refractivity contribution in [1.29, 1.82) is 0 Å². The molecule has 0 saturated carbocycles. The summed E-state index contributed by atoms with van der Waals surface area (Å²) in [6, 6.07) is 14.2. The van der Waals surface area contributed by atoms with Gasteiger partial charge < -0.3 is 4.90 Å². The van der Waals surface area contributed by atoms with E-state index < -0.39 is 0 Å². The average Bonchev–Trinajstić information content (AvgIpc) is 3.19. The van der Waals surface area contributed by atoms with Gasteiger partial charge in [0.1, 0.15) is 6.33 Å². The van der Waals surface area contributed by atoms with Crippen molar-refractivity contribution >= 4 is 17.7 Å². The topological polar surface area (TPSA) is 63.9 Å². The van der Waals surface area contributed by atoms with Gasteiger partial charge in [-0.1, -0.05) is 43.8 Å². The van der Waals surface area contributed by atoms with Gasteiger partial charge >= 0.3 is 0 Å². The Kier molecular flexibility index (Phi) is 6.81. The summed E-state index contributed by atoms with van der Waals surface area (Å²) in [4.78, 5) is 18.5. The van der Waals surface area contributed by atoms with E-state index >= 15 is 0 Å². The Labute approximate surface area is 170 Å². The number of aromatic nitrogens is 4. The zero-order valence-corrected chi connectivity index (χ0v) is 17.3. The van der Waals surface area contributed by atoms with Crippen LogP contribution in [0.1, 0.15) is 31.0 Å². The molecule has 0 aliphatic heterocycles. The zero-order chi connectivity index (χ0) is 19.9. The molecule has 2 aromatic heterocycles. The number of likely N-dealkylation sites (N-methyl/N-ethyl adjacent to an activating group) is 1. The minimum absolute atomic E-state index is 0.0608. The smallest absolute Gasteiger partial charge is 0.232 e. The van der Waals surface area contributed by atoms with Gasteiger partial charge in [0.15, 0.2) is 5.16 Å². The summed E-state index contributed by atoms with van der Waals surface area (Å²) in [7, 11) is 1.82. The predicted octanol–water partition coefficient (Wildman–Crippen LogP) is 3.58. The third-order valence-corrected chi connectivity index (χ3v) is 5.46. The second-order valence-electron chi connectivity index (χ2n) is 6.90. The number of thioether (sulfide) groups is 1. The summed E-state index contributed by atoms with van der Waals surface area (Å²) in [5, 5.41) is 8.90. The van der Waals surface area contributed by atoms with E-state index in [1.807, 2.05) is 29.8 Å². The van der Waals surface area contributed by atoms with Gasteiger partial charge in [-0.15, -0.1) is 10.2 Å². The lowest BCUT2D eigenvalue weighted by atomic mass is 10.0. The Morgan fingerprint density at radius 1 is 1.18 bits per heavy atom. The van der Waals surface area contributed by atoms with Crippen molar-refractivity contribution in [2.75, 3.05) is 19.3 Å². The fraction of sp³-hybridized carbons (Fsp3) is 0.333. The normalized spacial score (nSPS) is 11.0. The summed E-state index contributed by atoms with van der Waals surface area (Å²) in [6.45, 7) is 4.98. The summed E-state index contributed by atoms with van der Waals surface area (Å²) in [5.74, 6) is 0.871. The van der Waals surface area contributed by atoms with Gasteiger partial charge in [0.05, 0.1) is 5.75 Å². The first-order valence-electron chi connectivity index (χ1n) is 9.31. The molecule has 3 rings (SSSR count). The lowest BCUT2D eigenvalue weighted by molar-refractivity contribution is -0.127. The molecule has 1 amide bonds. The summed E-state index contributed by atoms with van der Waals surface area (Å²) >= 11 is 1.40. The molecule has 0 N–H and O–H groups in total. The monoisotopic (exact) mass is 395 g/mol. The average molecular weight is 396 g/mol. The zero-order valence-electron chi connectivity index (χ0n) is 16.4. The Balaban J connectivity index is 1.56. The van der Waals surface area contributed by atoms with Crippen molar-refractivity contribution in [3.63, 3.8) is 0 Å². The number of nitrogens with zero attached hydrogens (tertiary/aromatic N) is 5. The van der Waals surface area contributed by atoms with Gasteiger partial charge in [0, 0.05) is 37.6 Å². The van der Waals surface area contributed by atoms with Crippen LogP contribution < -0.4 is 0 Å². The van der Waals surface area contributed by atoms with Crippen LogP contribution in [0.4, 0.5) is 0 Å². The van der Waals surface area contributed by atoms with Crippen LogP contribution in [0.3, 0.4) is 0 Å². The number of benzene rings is 1. The molecule has 0 radical (unpaired) electrons. The first kappa shape index (κ1) is 20.1. The number of hydrogen-bond acceptors (Lipinski definition) is 5. The SMILES string of the molecule is CC(C)c1ccc(-n2cnnc2SCC(=O)N(C)CCc2ccccn2)cc1. The van der Waals surface area contributed by atoms with E-state index in [9.17, 15) is 4.79 Å². The molecule has 6 nitrogen and oxygen atoms in total. The minimum atomic E-state index is 0.0608. The molecule has 0 saturated heterocycles. The van der Waals surface area contributed by atoms with Gasteiger partial charge in [-0.05, 0) is 35.7 Å². The number of rotatable bonds is 8. The van der Waals surface area contributed by atoms with Crippen LogP contribution in [0, 0.1) is 0 Å². The number of hydrogen-bond donors (Lipinski definition) is 0. The van der Waals surface area contributed by atoms with Crippen LogP contribution in [0.15, 0.2) is 60.1 Å². The first-order chi connectivity index (χ1) is 13.5. The van der Waals surface area contributed by atoms with E-state index in [-0.39, 0.29) is 5.91 Å². The Morgan fingerprint density at radius 3 is 2.64 bits per heavy atom. The molecule has 0 aliphatic carbocycles. The highest BCUT2D eigenvalue weighted by molar-refractivity contribution is 7.99. The lowest BCUT2D eigenvalue weighted by Crippen LogP contribution is -2.30. The van der Waals surface area contributed by atoms with Crippen molar-refractivity contribution in [2.45, 2.75) is 31.3 Å². The summed E-state index contributed by atoms with van der Waals surface area (Å²) in [5.41, 5.74) is 3.27. The molecule has 0 bridgehead atoms. The molecule has 0 atom stereocenters. The summed E-state index contributed by atoms with van der Waals surface area (Å²) < 4.78 is 1.91. The molecule has 2 heterocycles. The predicted molar refractivity (Wildman–Crippen MR) is 112 cm³/mol. The van der Waals surface area contributed by atoms with Gasteiger partial charge in [-0.2, -0.15) is 0 Å². The van der Waals surface area contributed by atoms with E-state index in [1.165, 1.54) is 17.3 Å². The second kappa shape index (κ2) is 9.50. The Morgan fingerprint density at radius 2 is 1.96 bits per heavy atom. The molecular weight excluding hydrogens is 370 g/mol. The Hall–Kier alpha value is -2.67. The van der Waals surface area contributed by atoms with Crippen molar-refractivity contribution in [2.24, 2.45) is 0 Å².